The highest BCUT2D eigenvalue weighted by Gasteiger charge is 2.29. The second-order valence-corrected chi connectivity index (χ2v) is 6.22. The Morgan fingerprint density at radius 1 is 1.38 bits per heavy atom. The molecular formula is C16H25N3O2. The van der Waals surface area contributed by atoms with Crippen LogP contribution in [0.15, 0.2) is 24.3 Å². The molecule has 1 aliphatic heterocycles. The van der Waals surface area contributed by atoms with Crippen LogP contribution in [0.1, 0.15) is 19.8 Å². The van der Waals surface area contributed by atoms with Gasteiger partial charge in [-0.15, -0.1) is 0 Å². The molecule has 1 aromatic rings. The lowest BCUT2D eigenvalue weighted by Gasteiger charge is -2.37. The van der Waals surface area contributed by atoms with Crippen molar-refractivity contribution in [3.05, 3.63) is 24.3 Å². The van der Waals surface area contributed by atoms with Crippen LogP contribution in [0.25, 0.3) is 0 Å². The number of likely N-dealkylation sites (tertiary alicyclic amines) is 1. The second-order valence-electron chi connectivity index (χ2n) is 6.22. The number of para-hydroxylation sites is 2. The van der Waals surface area contributed by atoms with Gasteiger partial charge >= 0.3 is 0 Å². The number of amides is 1. The molecular weight excluding hydrogens is 266 g/mol. The van der Waals surface area contributed by atoms with Crippen molar-refractivity contribution in [3.63, 3.8) is 0 Å². The third-order valence-electron chi connectivity index (χ3n) is 4.18. The van der Waals surface area contributed by atoms with Crippen LogP contribution in [0, 0.1) is 5.41 Å². The third kappa shape index (κ3) is 4.63. The SMILES string of the molecule is CN1CCC(C)(CNC(=O)COc2ccccc2N)CC1. The van der Waals surface area contributed by atoms with Crippen molar-refractivity contribution in [2.45, 2.75) is 19.8 Å². The Hall–Kier alpha value is -1.75. The minimum absolute atomic E-state index is 0.00416. The van der Waals surface area contributed by atoms with E-state index in [-0.39, 0.29) is 17.9 Å². The molecule has 0 unspecified atom stereocenters. The molecule has 2 rings (SSSR count). The summed E-state index contributed by atoms with van der Waals surface area (Å²) in [5.74, 6) is 0.455. The van der Waals surface area contributed by atoms with E-state index in [1.807, 2.05) is 12.1 Å². The molecule has 0 aliphatic carbocycles. The smallest absolute Gasteiger partial charge is 0.257 e. The monoisotopic (exact) mass is 291 g/mol. The first-order valence-electron chi connectivity index (χ1n) is 7.41. The zero-order valence-corrected chi connectivity index (χ0v) is 12.9. The lowest BCUT2D eigenvalue weighted by Crippen LogP contribution is -2.44. The Morgan fingerprint density at radius 2 is 2.05 bits per heavy atom. The van der Waals surface area contributed by atoms with Gasteiger partial charge in [0.15, 0.2) is 6.61 Å². The molecule has 116 valence electrons. The molecule has 21 heavy (non-hydrogen) atoms. The van der Waals surface area contributed by atoms with Gasteiger partial charge in [0.05, 0.1) is 5.69 Å². The summed E-state index contributed by atoms with van der Waals surface area (Å²) in [4.78, 5) is 14.2. The van der Waals surface area contributed by atoms with E-state index in [1.54, 1.807) is 12.1 Å². The van der Waals surface area contributed by atoms with E-state index in [9.17, 15) is 4.79 Å². The summed E-state index contributed by atoms with van der Waals surface area (Å²) in [5, 5.41) is 2.97. The quantitative estimate of drug-likeness (QED) is 0.807. The zero-order valence-electron chi connectivity index (χ0n) is 12.9. The van der Waals surface area contributed by atoms with Gasteiger partial charge in [-0.25, -0.2) is 0 Å². The number of carbonyl (C=O) groups is 1. The molecule has 3 N–H and O–H groups in total. The van der Waals surface area contributed by atoms with Crippen molar-refractivity contribution < 1.29 is 9.53 Å². The molecule has 1 heterocycles. The number of piperidine rings is 1. The van der Waals surface area contributed by atoms with E-state index < -0.39 is 0 Å². The van der Waals surface area contributed by atoms with Crippen LogP contribution in [-0.2, 0) is 4.79 Å². The average Bonchev–Trinajstić information content (AvgIpc) is 2.48. The number of nitrogen functional groups attached to an aromatic ring is 1. The number of nitrogens with zero attached hydrogens (tertiary/aromatic N) is 1. The first-order chi connectivity index (χ1) is 9.98. The van der Waals surface area contributed by atoms with Crippen LogP contribution in [0.2, 0.25) is 0 Å². The summed E-state index contributed by atoms with van der Waals surface area (Å²) in [6.07, 6.45) is 2.21. The molecule has 1 amide bonds. The Balaban J connectivity index is 1.74. The van der Waals surface area contributed by atoms with Gasteiger partial charge in [-0.1, -0.05) is 19.1 Å². The minimum atomic E-state index is -0.0987. The van der Waals surface area contributed by atoms with E-state index >= 15 is 0 Å². The van der Waals surface area contributed by atoms with Crippen LogP contribution in [0.3, 0.4) is 0 Å². The van der Waals surface area contributed by atoms with Crippen LogP contribution in [-0.4, -0.2) is 44.1 Å². The fourth-order valence-corrected chi connectivity index (χ4v) is 2.45. The topological polar surface area (TPSA) is 67.6 Å². The summed E-state index contributed by atoms with van der Waals surface area (Å²) in [7, 11) is 2.14. The number of nitrogens with one attached hydrogen (secondary N) is 1. The largest absolute Gasteiger partial charge is 0.482 e. The Labute approximate surface area is 126 Å². The third-order valence-corrected chi connectivity index (χ3v) is 4.18. The average molecular weight is 291 g/mol. The number of rotatable bonds is 5. The maximum atomic E-state index is 11.9. The molecule has 0 radical (unpaired) electrons. The maximum absolute atomic E-state index is 11.9. The number of benzene rings is 1. The molecule has 0 spiro atoms. The van der Waals surface area contributed by atoms with Crippen LogP contribution in [0.5, 0.6) is 5.75 Å². The van der Waals surface area contributed by atoms with Gasteiger partial charge in [-0.3, -0.25) is 4.79 Å². The Morgan fingerprint density at radius 3 is 2.71 bits per heavy atom. The van der Waals surface area contributed by atoms with Crippen molar-refractivity contribution in [3.8, 4) is 5.75 Å². The maximum Gasteiger partial charge on any atom is 0.257 e. The van der Waals surface area contributed by atoms with Gasteiger partial charge in [0.2, 0.25) is 0 Å². The number of hydrogen-bond donors (Lipinski definition) is 2. The van der Waals surface area contributed by atoms with Crippen molar-refractivity contribution in [1.29, 1.82) is 0 Å². The van der Waals surface area contributed by atoms with E-state index in [0.717, 1.165) is 25.9 Å². The van der Waals surface area contributed by atoms with E-state index in [4.69, 9.17) is 10.5 Å². The van der Waals surface area contributed by atoms with Gasteiger partial charge in [0.1, 0.15) is 5.75 Å². The molecule has 5 nitrogen and oxygen atoms in total. The first kappa shape index (κ1) is 15.6. The van der Waals surface area contributed by atoms with E-state index in [0.29, 0.717) is 18.0 Å². The van der Waals surface area contributed by atoms with Crippen molar-refractivity contribution in [2.24, 2.45) is 5.41 Å². The van der Waals surface area contributed by atoms with E-state index in [1.165, 1.54) is 0 Å². The summed E-state index contributed by atoms with van der Waals surface area (Å²) < 4.78 is 5.44. The molecule has 1 fully saturated rings. The fraction of sp³-hybridized carbons (Fsp3) is 0.562. The highest BCUT2D eigenvalue weighted by molar-refractivity contribution is 5.77. The molecule has 0 atom stereocenters. The molecule has 0 saturated carbocycles. The standard InChI is InChI=1S/C16H25N3O2/c1-16(7-9-19(2)10-8-16)12-18-15(20)11-21-14-6-4-3-5-13(14)17/h3-6H,7-12,17H2,1-2H3,(H,18,20). The van der Waals surface area contributed by atoms with E-state index in [2.05, 4.69) is 24.2 Å². The number of anilines is 1. The summed E-state index contributed by atoms with van der Waals surface area (Å²) in [6, 6.07) is 7.19. The van der Waals surface area contributed by atoms with Gasteiger partial charge < -0.3 is 20.7 Å². The number of nitrogens with two attached hydrogens (primary N) is 1. The van der Waals surface area contributed by atoms with Crippen LogP contribution in [0.4, 0.5) is 5.69 Å². The Kier molecular flexibility index (Phi) is 5.07. The highest BCUT2D eigenvalue weighted by Crippen LogP contribution is 2.29. The summed E-state index contributed by atoms with van der Waals surface area (Å²) in [5.41, 5.74) is 6.51. The summed E-state index contributed by atoms with van der Waals surface area (Å²) in [6.45, 7) is 5.11. The van der Waals surface area contributed by atoms with Gasteiger partial charge in [0.25, 0.3) is 5.91 Å². The van der Waals surface area contributed by atoms with Crippen molar-refractivity contribution >= 4 is 11.6 Å². The molecule has 0 aromatic heterocycles. The Bertz CT molecular complexity index is 482. The van der Waals surface area contributed by atoms with Crippen LogP contribution >= 0.6 is 0 Å². The molecule has 1 aromatic carbocycles. The van der Waals surface area contributed by atoms with Gasteiger partial charge in [-0.05, 0) is 50.5 Å². The second kappa shape index (κ2) is 6.80. The molecule has 0 bridgehead atoms. The lowest BCUT2D eigenvalue weighted by molar-refractivity contribution is -0.123. The number of hydrogen-bond acceptors (Lipinski definition) is 4. The van der Waals surface area contributed by atoms with Gasteiger partial charge in [0, 0.05) is 6.54 Å². The fourth-order valence-electron chi connectivity index (χ4n) is 2.45. The van der Waals surface area contributed by atoms with Crippen molar-refractivity contribution in [1.82, 2.24) is 10.2 Å². The molecule has 1 aliphatic rings. The number of ether oxygens (including phenoxy) is 1. The molecule has 1 saturated heterocycles. The highest BCUT2D eigenvalue weighted by atomic mass is 16.5. The first-order valence-corrected chi connectivity index (χ1v) is 7.41. The van der Waals surface area contributed by atoms with Crippen LogP contribution < -0.4 is 15.8 Å². The van der Waals surface area contributed by atoms with Gasteiger partial charge in [-0.2, -0.15) is 0 Å². The van der Waals surface area contributed by atoms with Crippen molar-refractivity contribution in [2.75, 3.05) is 39.0 Å². The summed E-state index contributed by atoms with van der Waals surface area (Å²) >= 11 is 0. The molecule has 5 heteroatoms. The predicted octanol–water partition coefficient (Wildman–Crippen LogP) is 1.50. The predicted molar refractivity (Wildman–Crippen MR) is 84.2 cm³/mol. The minimum Gasteiger partial charge on any atom is -0.482 e. The zero-order chi connectivity index (χ0) is 15.3. The normalized spacial score (nSPS) is 18.2. The lowest BCUT2D eigenvalue weighted by atomic mass is 9.80. The number of carbonyl (C=O) groups excluding carboxylic acids is 1.